The van der Waals surface area contributed by atoms with Gasteiger partial charge in [0.25, 0.3) is 0 Å². The fourth-order valence-corrected chi connectivity index (χ4v) is 2.22. The van der Waals surface area contributed by atoms with Gasteiger partial charge in [-0.25, -0.2) is 0 Å². The molecule has 132 valence electrons. The number of halogens is 2. The van der Waals surface area contributed by atoms with Crippen LogP contribution in [-0.4, -0.2) is 19.5 Å². The van der Waals surface area contributed by atoms with E-state index in [0.29, 0.717) is 6.54 Å². The molecule has 0 aromatic heterocycles. The van der Waals surface area contributed by atoms with Gasteiger partial charge < -0.3 is 16.0 Å². The van der Waals surface area contributed by atoms with E-state index in [-0.39, 0.29) is 36.6 Å². The predicted octanol–water partition coefficient (Wildman–Crippen LogP) is 3.70. The van der Waals surface area contributed by atoms with E-state index in [2.05, 4.69) is 22.3 Å². The normalized spacial score (nSPS) is 10.8. The highest BCUT2D eigenvalue weighted by Gasteiger charge is 2.14. The largest absolute Gasteiger partial charge is 0.369 e. The molecule has 0 saturated carbocycles. The Hall–Kier alpha value is -1.75. The van der Waals surface area contributed by atoms with Crippen molar-refractivity contribution in [1.82, 2.24) is 0 Å². The molecule has 3 N–H and O–H groups in total. The van der Waals surface area contributed by atoms with Crippen LogP contribution in [-0.2, 0) is 11.3 Å². The molecule has 0 spiro atoms. The van der Waals surface area contributed by atoms with Crippen LogP contribution in [0.25, 0.3) is 0 Å². The zero-order valence-electron chi connectivity index (χ0n) is 13.9. The summed E-state index contributed by atoms with van der Waals surface area (Å²) in [6.07, 6.45) is 0. The first-order valence-electron chi connectivity index (χ1n) is 7.47. The maximum atomic E-state index is 12.1. The third kappa shape index (κ3) is 6.04. The van der Waals surface area contributed by atoms with Gasteiger partial charge in [0.15, 0.2) is 0 Å². The fourth-order valence-electron chi connectivity index (χ4n) is 2.22. The Labute approximate surface area is 156 Å². The molecule has 2 aromatic carbocycles. The smallest absolute Gasteiger partial charge is 0.228 e. The van der Waals surface area contributed by atoms with E-state index in [1.165, 1.54) is 5.56 Å². The highest BCUT2D eigenvalue weighted by atomic mass is 35.5. The molecule has 2 aromatic rings. The van der Waals surface area contributed by atoms with Crippen LogP contribution >= 0.6 is 24.8 Å². The average Bonchev–Trinajstić information content (AvgIpc) is 2.55. The number of anilines is 2. The Morgan fingerprint density at radius 2 is 1.67 bits per heavy atom. The van der Waals surface area contributed by atoms with Crippen molar-refractivity contribution < 1.29 is 4.79 Å². The van der Waals surface area contributed by atoms with Gasteiger partial charge in [0.2, 0.25) is 5.91 Å². The number of nitrogens with one attached hydrogen (secondary N) is 1. The molecule has 0 aliphatic rings. The van der Waals surface area contributed by atoms with Crippen molar-refractivity contribution in [1.29, 1.82) is 0 Å². The number of carbonyl (C=O) groups is 1. The molecule has 0 fully saturated rings. The van der Waals surface area contributed by atoms with Gasteiger partial charge in [0, 0.05) is 26.1 Å². The quantitative estimate of drug-likeness (QED) is 0.815. The molecule has 0 saturated heterocycles. The first-order valence-corrected chi connectivity index (χ1v) is 7.47. The molecule has 0 aliphatic heterocycles. The summed E-state index contributed by atoms with van der Waals surface area (Å²) in [5.41, 5.74) is 8.58. The van der Waals surface area contributed by atoms with Gasteiger partial charge in [-0.1, -0.05) is 49.4 Å². The number of para-hydroxylation sites is 2. The number of nitrogens with zero attached hydrogens (tertiary/aromatic N) is 1. The van der Waals surface area contributed by atoms with Gasteiger partial charge in [-0.2, -0.15) is 0 Å². The van der Waals surface area contributed by atoms with E-state index >= 15 is 0 Å². The monoisotopic (exact) mass is 369 g/mol. The highest BCUT2D eigenvalue weighted by molar-refractivity contribution is 5.95. The number of rotatable bonds is 6. The molecule has 2 rings (SSSR count). The first kappa shape index (κ1) is 22.2. The molecule has 0 aliphatic carbocycles. The summed E-state index contributed by atoms with van der Waals surface area (Å²) >= 11 is 0. The van der Waals surface area contributed by atoms with Crippen LogP contribution in [0.5, 0.6) is 0 Å². The van der Waals surface area contributed by atoms with Crippen molar-refractivity contribution in [2.24, 2.45) is 11.7 Å². The second kappa shape index (κ2) is 10.9. The highest BCUT2D eigenvalue weighted by Crippen LogP contribution is 2.26. The second-order valence-corrected chi connectivity index (χ2v) is 5.48. The first-order chi connectivity index (χ1) is 10.6. The van der Waals surface area contributed by atoms with Gasteiger partial charge in [-0.15, -0.1) is 24.8 Å². The van der Waals surface area contributed by atoms with Crippen LogP contribution in [0.2, 0.25) is 0 Å². The third-order valence-electron chi connectivity index (χ3n) is 3.64. The molecule has 0 radical (unpaired) electrons. The van der Waals surface area contributed by atoms with Crippen molar-refractivity contribution in [2.45, 2.75) is 13.5 Å². The van der Waals surface area contributed by atoms with Crippen molar-refractivity contribution in [2.75, 3.05) is 23.8 Å². The van der Waals surface area contributed by atoms with E-state index in [1.807, 2.05) is 56.4 Å². The molecule has 6 heteroatoms. The zero-order valence-corrected chi connectivity index (χ0v) is 15.6. The number of hydrogen-bond donors (Lipinski definition) is 2. The Morgan fingerprint density at radius 1 is 1.08 bits per heavy atom. The minimum Gasteiger partial charge on any atom is -0.369 e. The van der Waals surface area contributed by atoms with Gasteiger partial charge in [-0.3, -0.25) is 4.79 Å². The maximum absolute atomic E-state index is 12.1. The molecule has 4 nitrogen and oxygen atoms in total. The Bertz CT molecular complexity index is 623. The Morgan fingerprint density at radius 3 is 2.29 bits per heavy atom. The van der Waals surface area contributed by atoms with Crippen LogP contribution in [0, 0.1) is 5.92 Å². The molecule has 0 heterocycles. The van der Waals surface area contributed by atoms with Crippen molar-refractivity contribution >= 4 is 42.1 Å². The van der Waals surface area contributed by atoms with E-state index in [1.54, 1.807) is 0 Å². The summed E-state index contributed by atoms with van der Waals surface area (Å²) < 4.78 is 0. The van der Waals surface area contributed by atoms with E-state index in [4.69, 9.17) is 5.73 Å². The van der Waals surface area contributed by atoms with Crippen molar-refractivity contribution in [3.8, 4) is 0 Å². The number of amides is 1. The number of benzene rings is 2. The van der Waals surface area contributed by atoms with E-state index < -0.39 is 0 Å². The predicted molar refractivity (Wildman–Crippen MR) is 106 cm³/mol. The lowest BCUT2D eigenvalue weighted by Crippen LogP contribution is -2.27. The molecular weight excluding hydrogens is 345 g/mol. The standard InChI is InChI=1S/C18H23N3O.2ClH/c1-14(12-19)18(22)20-16-10-6-7-11-17(16)21(2)13-15-8-4-3-5-9-15;;/h3-11,14H,12-13,19H2,1-2H3,(H,20,22);2*1H. The van der Waals surface area contributed by atoms with Crippen LogP contribution in [0.4, 0.5) is 11.4 Å². The topological polar surface area (TPSA) is 58.4 Å². The molecule has 1 amide bonds. The lowest BCUT2D eigenvalue weighted by atomic mass is 10.1. The summed E-state index contributed by atoms with van der Waals surface area (Å²) in [5.74, 6) is -0.254. The average molecular weight is 370 g/mol. The lowest BCUT2D eigenvalue weighted by molar-refractivity contribution is -0.119. The Balaban J connectivity index is 0.00000264. The molecule has 1 atom stereocenters. The minimum atomic E-state index is -0.201. The third-order valence-corrected chi connectivity index (χ3v) is 3.64. The van der Waals surface area contributed by atoms with Crippen LogP contribution < -0.4 is 16.0 Å². The minimum absolute atomic E-state index is 0. The molecule has 0 bridgehead atoms. The second-order valence-electron chi connectivity index (χ2n) is 5.48. The van der Waals surface area contributed by atoms with Crippen molar-refractivity contribution in [3.05, 3.63) is 60.2 Å². The number of hydrogen-bond acceptors (Lipinski definition) is 3. The molecular formula is C18H25Cl2N3O. The lowest BCUT2D eigenvalue weighted by Gasteiger charge is -2.23. The SMILES string of the molecule is CC(CN)C(=O)Nc1ccccc1N(C)Cc1ccccc1.Cl.Cl. The maximum Gasteiger partial charge on any atom is 0.228 e. The fraction of sp³-hybridized carbons (Fsp3) is 0.278. The molecule has 1 unspecified atom stereocenters. The number of carbonyl (C=O) groups excluding carboxylic acids is 1. The van der Waals surface area contributed by atoms with Gasteiger partial charge in [0.05, 0.1) is 11.4 Å². The summed E-state index contributed by atoms with van der Waals surface area (Å²) in [7, 11) is 2.02. The van der Waals surface area contributed by atoms with Gasteiger partial charge in [0.1, 0.15) is 0 Å². The summed E-state index contributed by atoms with van der Waals surface area (Å²) in [6.45, 7) is 2.94. The van der Waals surface area contributed by atoms with Gasteiger partial charge >= 0.3 is 0 Å². The van der Waals surface area contributed by atoms with E-state index in [0.717, 1.165) is 17.9 Å². The van der Waals surface area contributed by atoms with Crippen LogP contribution in [0.1, 0.15) is 12.5 Å². The van der Waals surface area contributed by atoms with Crippen LogP contribution in [0.3, 0.4) is 0 Å². The summed E-state index contributed by atoms with van der Waals surface area (Å²) in [4.78, 5) is 14.2. The van der Waals surface area contributed by atoms with E-state index in [9.17, 15) is 4.79 Å². The van der Waals surface area contributed by atoms with Crippen LogP contribution in [0.15, 0.2) is 54.6 Å². The number of nitrogens with two attached hydrogens (primary N) is 1. The zero-order chi connectivity index (χ0) is 15.9. The van der Waals surface area contributed by atoms with Gasteiger partial charge in [-0.05, 0) is 17.7 Å². The summed E-state index contributed by atoms with van der Waals surface area (Å²) in [5, 5.41) is 2.97. The molecule has 24 heavy (non-hydrogen) atoms. The Kier molecular flexibility index (Phi) is 10.1. The van der Waals surface area contributed by atoms with Crippen molar-refractivity contribution in [3.63, 3.8) is 0 Å². The summed E-state index contributed by atoms with van der Waals surface area (Å²) in [6, 6.07) is 18.1.